The highest BCUT2D eigenvalue weighted by Gasteiger charge is 2.01. The van der Waals surface area contributed by atoms with Crippen LogP contribution in [0.5, 0.6) is 5.75 Å². The number of rotatable bonds is 6. The normalized spacial score (nSPS) is 10.6. The summed E-state index contributed by atoms with van der Waals surface area (Å²) in [6.07, 6.45) is 3.98. The highest BCUT2D eigenvalue weighted by atomic mass is 35.5. The third kappa shape index (κ3) is 5.23. The summed E-state index contributed by atoms with van der Waals surface area (Å²) in [6.45, 7) is 6.84. The molecule has 110 valence electrons. The summed E-state index contributed by atoms with van der Waals surface area (Å²) in [5, 5.41) is 17.1. The lowest BCUT2D eigenvalue weighted by atomic mass is 10.2. The Kier molecular flexibility index (Phi) is 6.55. The lowest BCUT2D eigenvalue weighted by Crippen LogP contribution is -2.12. The van der Waals surface area contributed by atoms with Crippen LogP contribution < -0.4 is 5.32 Å². The van der Waals surface area contributed by atoms with Crippen molar-refractivity contribution in [3.8, 4) is 5.75 Å². The standard InChI is InChI=1S/C15H21N3O.ClH/c1-12(2)10-18-11-14(9-17-18)8-16-7-13-4-3-5-15(19)6-13;/h3-6,9,11-12,16,19H,7-8,10H2,1-2H3;1H. The Labute approximate surface area is 126 Å². The lowest BCUT2D eigenvalue weighted by molar-refractivity contribution is 0.474. The predicted octanol–water partition coefficient (Wildman–Crippen LogP) is 2.96. The Hall–Kier alpha value is -1.52. The van der Waals surface area contributed by atoms with Crippen molar-refractivity contribution in [2.75, 3.05) is 0 Å². The molecule has 0 aliphatic rings. The number of nitrogens with one attached hydrogen (secondary N) is 1. The van der Waals surface area contributed by atoms with Gasteiger partial charge in [0, 0.05) is 31.4 Å². The molecule has 0 amide bonds. The highest BCUT2D eigenvalue weighted by molar-refractivity contribution is 5.85. The summed E-state index contributed by atoms with van der Waals surface area (Å²) in [7, 11) is 0. The molecule has 0 saturated heterocycles. The first-order chi connectivity index (χ1) is 9.13. The third-order valence-electron chi connectivity index (χ3n) is 2.81. The fourth-order valence-corrected chi connectivity index (χ4v) is 1.99. The first kappa shape index (κ1) is 16.5. The quantitative estimate of drug-likeness (QED) is 0.861. The number of aromatic hydroxyl groups is 1. The van der Waals surface area contributed by atoms with E-state index < -0.39 is 0 Å². The van der Waals surface area contributed by atoms with E-state index in [1.165, 1.54) is 5.56 Å². The molecule has 2 aromatic rings. The van der Waals surface area contributed by atoms with Crippen LogP contribution in [0, 0.1) is 5.92 Å². The van der Waals surface area contributed by atoms with Crippen molar-refractivity contribution in [3.63, 3.8) is 0 Å². The van der Waals surface area contributed by atoms with Crippen LogP contribution in [0.3, 0.4) is 0 Å². The molecule has 2 rings (SSSR count). The fourth-order valence-electron chi connectivity index (χ4n) is 1.99. The summed E-state index contributed by atoms with van der Waals surface area (Å²) < 4.78 is 1.98. The molecule has 1 heterocycles. The van der Waals surface area contributed by atoms with Gasteiger partial charge in [0.05, 0.1) is 6.20 Å². The highest BCUT2D eigenvalue weighted by Crippen LogP contribution is 2.10. The van der Waals surface area contributed by atoms with Crippen LogP contribution in [0.15, 0.2) is 36.7 Å². The largest absolute Gasteiger partial charge is 0.508 e. The number of hydrogen-bond acceptors (Lipinski definition) is 3. The average molecular weight is 296 g/mol. The number of aromatic nitrogens is 2. The number of phenolic OH excluding ortho intramolecular Hbond substituents is 1. The zero-order valence-electron chi connectivity index (χ0n) is 11.9. The van der Waals surface area contributed by atoms with Gasteiger partial charge in [-0.3, -0.25) is 4.68 Å². The zero-order chi connectivity index (χ0) is 13.7. The number of nitrogens with zero attached hydrogens (tertiary/aromatic N) is 2. The Morgan fingerprint density at radius 2 is 2.00 bits per heavy atom. The maximum absolute atomic E-state index is 9.38. The lowest BCUT2D eigenvalue weighted by Gasteiger charge is -2.04. The van der Waals surface area contributed by atoms with Crippen molar-refractivity contribution < 1.29 is 5.11 Å². The summed E-state index contributed by atoms with van der Waals surface area (Å²) in [5.74, 6) is 0.914. The molecule has 0 fully saturated rings. The van der Waals surface area contributed by atoms with Crippen LogP contribution in [0.1, 0.15) is 25.0 Å². The molecule has 0 unspecified atom stereocenters. The first-order valence-corrected chi connectivity index (χ1v) is 6.63. The SMILES string of the molecule is CC(C)Cn1cc(CNCc2cccc(O)c2)cn1.Cl. The average Bonchev–Trinajstić information content (AvgIpc) is 2.76. The molecule has 0 radical (unpaired) electrons. The van der Waals surface area contributed by atoms with Gasteiger partial charge in [-0.1, -0.05) is 26.0 Å². The van der Waals surface area contributed by atoms with Gasteiger partial charge in [-0.25, -0.2) is 0 Å². The van der Waals surface area contributed by atoms with Gasteiger partial charge in [0.15, 0.2) is 0 Å². The minimum Gasteiger partial charge on any atom is -0.508 e. The molecule has 20 heavy (non-hydrogen) atoms. The molecule has 0 spiro atoms. The smallest absolute Gasteiger partial charge is 0.115 e. The van der Waals surface area contributed by atoms with Crippen LogP contribution >= 0.6 is 12.4 Å². The molecule has 0 aliphatic heterocycles. The monoisotopic (exact) mass is 295 g/mol. The van der Waals surface area contributed by atoms with Gasteiger partial charge in [0.2, 0.25) is 0 Å². The van der Waals surface area contributed by atoms with Gasteiger partial charge in [-0.05, 0) is 23.6 Å². The zero-order valence-corrected chi connectivity index (χ0v) is 12.7. The molecule has 0 bridgehead atoms. The predicted molar refractivity (Wildman–Crippen MR) is 83.0 cm³/mol. The van der Waals surface area contributed by atoms with E-state index in [9.17, 15) is 5.11 Å². The first-order valence-electron chi connectivity index (χ1n) is 6.63. The van der Waals surface area contributed by atoms with Crippen LogP contribution in [0.25, 0.3) is 0 Å². The molecular weight excluding hydrogens is 274 g/mol. The van der Waals surface area contributed by atoms with Gasteiger partial charge < -0.3 is 10.4 Å². The van der Waals surface area contributed by atoms with Crippen LogP contribution in [0.2, 0.25) is 0 Å². The van der Waals surface area contributed by atoms with Gasteiger partial charge in [0.1, 0.15) is 5.75 Å². The van der Waals surface area contributed by atoms with E-state index in [1.807, 2.05) is 23.0 Å². The summed E-state index contributed by atoms with van der Waals surface area (Å²) in [4.78, 5) is 0. The number of hydrogen-bond donors (Lipinski definition) is 2. The Balaban J connectivity index is 0.00000200. The van der Waals surface area contributed by atoms with Crippen LogP contribution in [-0.4, -0.2) is 14.9 Å². The van der Waals surface area contributed by atoms with Gasteiger partial charge in [0.25, 0.3) is 0 Å². The number of benzene rings is 1. The molecule has 0 aliphatic carbocycles. The molecule has 0 saturated carbocycles. The maximum Gasteiger partial charge on any atom is 0.115 e. The van der Waals surface area contributed by atoms with Crippen molar-refractivity contribution in [2.45, 2.75) is 33.5 Å². The molecule has 2 N–H and O–H groups in total. The van der Waals surface area contributed by atoms with E-state index in [2.05, 4.69) is 30.5 Å². The Morgan fingerprint density at radius 3 is 2.70 bits per heavy atom. The molecule has 4 nitrogen and oxygen atoms in total. The Morgan fingerprint density at radius 1 is 1.25 bits per heavy atom. The molecule has 1 aromatic heterocycles. The van der Waals surface area contributed by atoms with Crippen molar-refractivity contribution in [1.29, 1.82) is 0 Å². The fraction of sp³-hybridized carbons (Fsp3) is 0.400. The topological polar surface area (TPSA) is 50.1 Å². The maximum atomic E-state index is 9.38. The van der Waals surface area contributed by atoms with Crippen molar-refractivity contribution in [2.24, 2.45) is 5.92 Å². The second kappa shape index (κ2) is 7.92. The van der Waals surface area contributed by atoms with Gasteiger partial charge in [-0.15, -0.1) is 12.4 Å². The van der Waals surface area contributed by atoms with Crippen LogP contribution in [-0.2, 0) is 19.6 Å². The Bertz CT molecular complexity index is 525. The summed E-state index contributed by atoms with van der Waals surface area (Å²) >= 11 is 0. The van der Waals surface area contributed by atoms with E-state index in [1.54, 1.807) is 12.1 Å². The molecule has 0 atom stereocenters. The molecule has 5 heteroatoms. The van der Waals surface area contributed by atoms with Crippen molar-refractivity contribution >= 4 is 12.4 Å². The van der Waals surface area contributed by atoms with Crippen molar-refractivity contribution in [1.82, 2.24) is 15.1 Å². The van der Waals surface area contributed by atoms with Gasteiger partial charge >= 0.3 is 0 Å². The van der Waals surface area contributed by atoms with Gasteiger partial charge in [-0.2, -0.15) is 5.10 Å². The number of halogens is 1. The minimum atomic E-state index is 0. The second-order valence-corrected chi connectivity index (χ2v) is 5.24. The van der Waals surface area contributed by atoms with E-state index in [4.69, 9.17) is 0 Å². The van der Waals surface area contributed by atoms with E-state index in [0.717, 1.165) is 25.2 Å². The number of phenols is 1. The second-order valence-electron chi connectivity index (χ2n) is 5.24. The molecule has 1 aromatic carbocycles. The molecular formula is C15H22ClN3O. The minimum absolute atomic E-state index is 0. The van der Waals surface area contributed by atoms with Crippen molar-refractivity contribution in [3.05, 3.63) is 47.8 Å². The van der Waals surface area contributed by atoms with Crippen LogP contribution in [0.4, 0.5) is 0 Å². The van der Waals surface area contributed by atoms with E-state index in [0.29, 0.717) is 11.7 Å². The van der Waals surface area contributed by atoms with E-state index in [-0.39, 0.29) is 12.4 Å². The third-order valence-corrected chi connectivity index (χ3v) is 2.81. The summed E-state index contributed by atoms with van der Waals surface area (Å²) in [6, 6.07) is 7.30. The summed E-state index contributed by atoms with van der Waals surface area (Å²) in [5.41, 5.74) is 2.26. The van der Waals surface area contributed by atoms with E-state index >= 15 is 0 Å².